The molecule has 3 rings (SSSR count). The van der Waals surface area contributed by atoms with Crippen molar-refractivity contribution in [1.29, 1.82) is 0 Å². The van der Waals surface area contributed by atoms with Crippen molar-refractivity contribution in [3.63, 3.8) is 0 Å². The van der Waals surface area contributed by atoms with E-state index in [0.29, 0.717) is 19.7 Å². The molecule has 1 aromatic rings. The molecule has 0 unspecified atom stereocenters. The van der Waals surface area contributed by atoms with E-state index in [-0.39, 0.29) is 18.2 Å². The van der Waals surface area contributed by atoms with Gasteiger partial charge in [0.2, 0.25) is 0 Å². The van der Waals surface area contributed by atoms with Crippen molar-refractivity contribution in [2.75, 3.05) is 45.9 Å². The molecular formula is C19H29N5O3. The summed E-state index contributed by atoms with van der Waals surface area (Å²) in [5.41, 5.74) is 1.06. The highest BCUT2D eigenvalue weighted by Gasteiger charge is 2.27. The lowest BCUT2D eigenvalue weighted by molar-refractivity contribution is 0.0939. The molecule has 0 saturated carbocycles. The molecule has 0 aliphatic carbocycles. The summed E-state index contributed by atoms with van der Waals surface area (Å²) in [6, 6.07) is 6.07. The van der Waals surface area contributed by atoms with Crippen LogP contribution in [0.25, 0.3) is 0 Å². The van der Waals surface area contributed by atoms with E-state index in [2.05, 4.69) is 15.2 Å². The monoisotopic (exact) mass is 375 g/mol. The average Bonchev–Trinajstić information content (AvgIpc) is 2.70. The summed E-state index contributed by atoms with van der Waals surface area (Å²) < 4.78 is 5.03. The number of piperidine rings is 1. The van der Waals surface area contributed by atoms with Gasteiger partial charge in [-0.1, -0.05) is 6.07 Å². The molecule has 8 heteroatoms. The Labute approximate surface area is 160 Å². The molecule has 0 aromatic carbocycles. The number of carbonyl (C=O) groups excluding carboxylic acids is 2. The summed E-state index contributed by atoms with van der Waals surface area (Å²) >= 11 is 0. The Morgan fingerprint density at radius 1 is 1.11 bits per heavy atom. The van der Waals surface area contributed by atoms with Crippen LogP contribution in [0.4, 0.5) is 9.59 Å². The quantitative estimate of drug-likeness (QED) is 0.864. The minimum absolute atomic E-state index is 0.00192. The van der Waals surface area contributed by atoms with E-state index in [1.54, 1.807) is 11.8 Å². The first-order chi connectivity index (χ1) is 13.2. The van der Waals surface area contributed by atoms with Gasteiger partial charge in [-0.15, -0.1) is 0 Å². The van der Waals surface area contributed by atoms with Crippen molar-refractivity contribution < 1.29 is 14.3 Å². The number of ether oxygens (including phenoxy) is 1. The van der Waals surface area contributed by atoms with Crippen molar-refractivity contribution in [2.45, 2.75) is 32.4 Å². The summed E-state index contributed by atoms with van der Waals surface area (Å²) in [5, 5.41) is 3.12. The molecule has 3 heterocycles. The molecule has 2 fully saturated rings. The maximum Gasteiger partial charge on any atom is 0.409 e. The highest BCUT2D eigenvalue weighted by atomic mass is 16.6. The topological polar surface area (TPSA) is 78.0 Å². The Kier molecular flexibility index (Phi) is 6.86. The summed E-state index contributed by atoms with van der Waals surface area (Å²) in [7, 11) is 0. The fourth-order valence-electron chi connectivity index (χ4n) is 3.52. The van der Waals surface area contributed by atoms with Crippen LogP contribution < -0.4 is 5.32 Å². The number of piperazine rings is 1. The van der Waals surface area contributed by atoms with Crippen LogP contribution in [-0.4, -0.2) is 83.7 Å². The van der Waals surface area contributed by atoms with E-state index in [9.17, 15) is 9.59 Å². The average molecular weight is 375 g/mol. The molecular weight excluding hydrogens is 346 g/mol. The van der Waals surface area contributed by atoms with E-state index >= 15 is 0 Å². The van der Waals surface area contributed by atoms with E-state index < -0.39 is 0 Å². The number of likely N-dealkylation sites (tertiary alicyclic amines) is 1. The Hall–Kier alpha value is -2.35. The number of amides is 3. The predicted octanol–water partition coefficient (Wildman–Crippen LogP) is 1.53. The minimum atomic E-state index is -0.258. The standard InChI is InChI=1S/C19H29N5O3/c1-2-27-19(26)24-9-6-16(7-10-24)21-18(25)23-13-11-22(12-14-23)15-17-5-3-4-8-20-17/h3-5,8,16H,2,6-7,9-15H2,1H3,(H,21,25). The van der Waals surface area contributed by atoms with Crippen LogP contribution in [-0.2, 0) is 11.3 Å². The first kappa shape index (κ1) is 19.4. The lowest BCUT2D eigenvalue weighted by Gasteiger charge is -2.37. The number of rotatable bonds is 4. The van der Waals surface area contributed by atoms with Crippen molar-refractivity contribution >= 4 is 12.1 Å². The number of hydrogen-bond donors (Lipinski definition) is 1. The van der Waals surface area contributed by atoms with Gasteiger partial charge in [-0.3, -0.25) is 9.88 Å². The number of nitrogens with one attached hydrogen (secondary N) is 1. The van der Waals surface area contributed by atoms with Gasteiger partial charge < -0.3 is 19.9 Å². The molecule has 2 aliphatic heterocycles. The van der Waals surface area contributed by atoms with Crippen molar-refractivity contribution in [3.05, 3.63) is 30.1 Å². The highest BCUT2D eigenvalue weighted by Crippen LogP contribution is 2.13. The Morgan fingerprint density at radius 3 is 2.48 bits per heavy atom. The van der Waals surface area contributed by atoms with Crippen molar-refractivity contribution in [3.8, 4) is 0 Å². The second kappa shape index (κ2) is 9.55. The third-order valence-electron chi connectivity index (χ3n) is 5.12. The molecule has 3 amide bonds. The van der Waals surface area contributed by atoms with Crippen LogP contribution in [0.15, 0.2) is 24.4 Å². The number of pyridine rings is 1. The van der Waals surface area contributed by atoms with Crippen LogP contribution in [0, 0.1) is 0 Å². The molecule has 1 aromatic heterocycles. The van der Waals surface area contributed by atoms with Gasteiger partial charge in [-0.05, 0) is 31.9 Å². The molecule has 0 atom stereocenters. The first-order valence-corrected chi connectivity index (χ1v) is 9.75. The molecule has 148 valence electrons. The second-order valence-corrected chi connectivity index (χ2v) is 6.99. The van der Waals surface area contributed by atoms with E-state index in [4.69, 9.17) is 4.74 Å². The van der Waals surface area contributed by atoms with Crippen LogP contribution >= 0.6 is 0 Å². The van der Waals surface area contributed by atoms with Gasteiger partial charge >= 0.3 is 12.1 Å². The fourth-order valence-corrected chi connectivity index (χ4v) is 3.52. The smallest absolute Gasteiger partial charge is 0.409 e. The SMILES string of the molecule is CCOC(=O)N1CCC(NC(=O)N2CCN(Cc3ccccn3)CC2)CC1. The van der Waals surface area contributed by atoms with Gasteiger partial charge in [0.15, 0.2) is 0 Å². The molecule has 2 saturated heterocycles. The number of urea groups is 1. The highest BCUT2D eigenvalue weighted by molar-refractivity contribution is 5.74. The van der Waals surface area contributed by atoms with E-state index in [1.807, 2.05) is 29.3 Å². The number of aromatic nitrogens is 1. The van der Waals surface area contributed by atoms with Crippen molar-refractivity contribution in [1.82, 2.24) is 25.0 Å². The summed E-state index contributed by atoms with van der Waals surface area (Å²) in [4.78, 5) is 34.5. The predicted molar refractivity (Wildman–Crippen MR) is 101 cm³/mol. The third-order valence-corrected chi connectivity index (χ3v) is 5.12. The fraction of sp³-hybridized carbons (Fsp3) is 0.632. The second-order valence-electron chi connectivity index (χ2n) is 6.99. The van der Waals surface area contributed by atoms with Gasteiger partial charge in [0, 0.05) is 58.1 Å². The molecule has 0 bridgehead atoms. The maximum absolute atomic E-state index is 12.5. The molecule has 0 spiro atoms. The van der Waals surface area contributed by atoms with Crippen LogP contribution in [0.5, 0.6) is 0 Å². The lowest BCUT2D eigenvalue weighted by Crippen LogP contribution is -2.55. The van der Waals surface area contributed by atoms with E-state index in [1.165, 1.54) is 0 Å². The van der Waals surface area contributed by atoms with Gasteiger partial charge in [0.25, 0.3) is 0 Å². The van der Waals surface area contributed by atoms with E-state index in [0.717, 1.165) is 51.3 Å². The third kappa shape index (κ3) is 5.56. The Morgan fingerprint density at radius 2 is 1.85 bits per heavy atom. The number of nitrogens with zero attached hydrogens (tertiary/aromatic N) is 4. The Balaban J connectivity index is 1.37. The zero-order valence-corrected chi connectivity index (χ0v) is 16.0. The normalized spacial score (nSPS) is 19.0. The molecule has 0 radical (unpaired) electrons. The summed E-state index contributed by atoms with van der Waals surface area (Å²) in [6.07, 6.45) is 3.09. The zero-order chi connectivity index (χ0) is 19.1. The lowest BCUT2D eigenvalue weighted by atomic mass is 10.1. The summed E-state index contributed by atoms with van der Waals surface area (Å²) in [6.45, 7) is 7.42. The molecule has 27 heavy (non-hydrogen) atoms. The van der Waals surface area contributed by atoms with Gasteiger partial charge in [-0.25, -0.2) is 9.59 Å². The maximum atomic E-state index is 12.5. The van der Waals surface area contributed by atoms with Crippen molar-refractivity contribution in [2.24, 2.45) is 0 Å². The Bertz CT molecular complexity index is 611. The van der Waals surface area contributed by atoms with Gasteiger partial charge in [0.1, 0.15) is 0 Å². The van der Waals surface area contributed by atoms with Crippen LogP contribution in [0.3, 0.4) is 0 Å². The number of carbonyl (C=O) groups is 2. The molecule has 1 N–H and O–H groups in total. The number of hydrogen-bond acceptors (Lipinski definition) is 5. The van der Waals surface area contributed by atoms with Gasteiger partial charge in [-0.2, -0.15) is 0 Å². The van der Waals surface area contributed by atoms with Gasteiger partial charge in [0.05, 0.1) is 12.3 Å². The zero-order valence-electron chi connectivity index (χ0n) is 16.0. The summed E-state index contributed by atoms with van der Waals surface area (Å²) in [5.74, 6) is 0. The van der Waals surface area contributed by atoms with Crippen LogP contribution in [0.2, 0.25) is 0 Å². The largest absolute Gasteiger partial charge is 0.450 e. The molecule has 2 aliphatic rings. The molecule has 8 nitrogen and oxygen atoms in total. The van der Waals surface area contributed by atoms with Crippen LogP contribution in [0.1, 0.15) is 25.5 Å². The minimum Gasteiger partial charge on any atom is -0.450 e. The first-order valence-electron chi connectivity index (χ1n) is 9.75.